The average molecular weight is 489 g/mol. The Hall–Kier alpha value is -3.34. The number of piperidine rings is 1. The summed E-state index contributed by atoms with van der Waals surface area (Å²) in [6, 6.07) is 8.45. The van der Waals surface area contributed by atoms with E-state index >= 15 is 0 Å². The number of hydrogen-bond donors (Lipinski definition) is 2. The van der Waals surface area contributed by atoms with Gasteiger partial charge in [-0.2, -0.15) is 0 Å². The van der Waals surface area contributed by atoms with Crippen molar-refractivity contribution in [3.05, 3.63) is 30.3 Å². The van der Waals surface area contributed by atoms with E-state index in [1.807, 2.05) is 30.3 Å². The van der Waals surface area contributed by atoms with Gasteiger partial charge in [0.2, 0.25) is 11.8 Å². The number of amides is 3. The highest BCUT2D eigenvalue weighted by Gasteiger charge is 2.48. The lowest BCUT2D eigenvalue weighted by atomic mass is 9.86. The molecule has 11 heteroatoms. The molecule has 3 aliphatic heterocycles. The minimum Gasteiger partial charge on any atom is -0.481 e. The van der Waals surface area contributed by atoms with Crippen molar-refractivity contribution >= 4 is 29.6 Å². The molecule has 3 heterocycles. The van der Waals surface area contributed by atoms with Crippen molar-refractivity contribution in [2.45, 2.75) is 31.4 Å². The monoisotopic (exact) mass is 488 g/mol. The predicted molar refractivity (Wildman–Crippen MR) is 125 cm³/mol. The van der Waals surface area contributed by atoms with E-state index in [1.54, 1.807) is 9.80 Å². The molecule has 0 saturated carbocycles. The van der Waals surface area contributed by atoms with Crippen LogP contribution in [-0.2, 0) is 19.1 Å². The maximum atomic E-state index is 13.4. The zero-order valence-corrected chi connectivity index (χ0v) is 19.6. The van der Waals surface area contributed by atoms with E-state index in [4.69, 9.17) is 4.74 Å². The fourth-order valence-electron chi connectivity index (χ4n) is 5.15. The van der Waals surface area contributed by atoms with Crippen molar-refractivity contribution < 1.29 is 34.1 Å². The van der Waals surface area contributed by atoms with E-state index in [2.05, 4.69) is 4.90 Å². The van der Waals surface area contributed by atoms with Crippen molar-refractivity contribution in [3.63, 3.8) is 0 Å². The first-order valence-electron chi connectivity index (χ1n) is 12.1. The van der Waals surface area contributed by atoms with Gasteiger partial charge in [-0.15, -0.1) is 0 Å². The molecule has 3 aliphatic rings. The van der Waals surface area contributed by atoms with Crippen LogP contribution < -0.4 is 4.90 Å². The molecule has 0 spiro atoms. The zero-order chi connectivity index (χ0) is 24.9. The smallest absolute Gasteiger partial charge is 0.408 e. The van der Waals surface area contributed by atoms with Crippen LogP contribution in [-0.4, -0.2) is 113 Å². The van der Waals surface area contributed by atoms with Gasteiger partial charge in [-0.3, -0.25) is 19.3 Å². The molecule has 11 nitrogen and oxygen atoms in total. The third-order valence-electron chi connectivity index (χ3n) is 7.06. The van der Waals surface area contributed by atoms with E-state index in [0.717, 1.165) is 23.4 Å². The van der Waals surface area contributed by atoms with Crippen molar-refractivity contribution in [3.8, 4) is 0 Å². The fourth-order valence-corrected chi connectivity index (χ4v) is 5.15. The van der Waals surface area contributed by atoms with E-state index in [1.165, 1.54) is 0 Å². The molecule has 3 fully saturated rings. The lowest BCUT2D eigenvalue weighted by Crippen LogP contribution is -2.63. The fraction of sp³-hybridized carbons (Fsp3) is 0.583. The van der Waals surface area contributed by atoms with Gasteiger partial charge in [-0.1, -0.05) is 18.2 Å². The number of benzene rings is 1. The minimum atomic E-state index is -1.38. The predicted octanol–water partition coefficient (Wildman–Crippen LogP) is 0.796. The quantitative estimate of drug-likeness (QED) is 0.601. The summed E-state index contributed by atoms with van der Waals surface area (Å²) >= 11 is 0. The topological polar surface area (TPSA) is 131 Å². The highest BCUT2D eigenvalue weighted by atomic mass is 16.5. The number of para-hydroxylation sites is 1. The first-order chi connectivity index (χ1) is 16.8. The van der Waals surface area contributed by atoms with Gasteiger partial charge >= 0.3 is 12.1 Å². The van der Waals surface area contributed by atoms with Crippen LogP contribution in [0.3, 0.4) is 0 Å². The van der Waals surface area contributed by atoms with Crippen LogP contribution in [0, 0.1) is 5.92 Å². The SMILES string of the molecule is O=C(O)[C@H]1C[C@H](OCC(=O)N2CCCC2)CN(C(=O)O)[C@@H]1C(=O)N1CCN(c2ccccc2)CC1. The Labute approximate surface area is 203 Å². The number of carboxylic acid groups (broad SMARTS) is 2. The van der Waals surface area contributed by atoms with E-state index < -0.39 is 36.0 Å². The van der Waals surface area contributed by atoms with Crippen LogP contribution in [0.2, 0.25) is 0 Å². The largest absolute Gasteiger partial charge is 0.481 e. The molecular weight excluding hydrogens is 456 g/mol. The molecule has 2 N–H and O–H groups in total. The Morgan fingerprint density at radius 2 is 1.54 bits per heavy atom. The minimum absolute atomic E-state index is 0.0349. The van der Waals surface area contributed by atoms with Crippen molar-refractivity contribution in [2.75, 3.05) is 57.3 Å². The van der Waals surface area contributed by atoms with Gasteiger partial charge in [-0.25, -0.2) is 4.79 Å². The number of piperazine rings is 1. The summed E-state index contributed by atoms with van der Waals surface area (Å²) in [4.78, 5) is 56.2. The Kier molecular flexibility index (Phi) is 7.74. The molecule has 3 amide bonds. The summed E-state index contributed by atoms with van der Waals surface area (Å²) in [5, 5.41) is 19.7. The average Bonchev–Trinajstić information content (AvgIpc) is 3.42. The number of aliphatic carboxylic acids is 1. The van der Waals surface area contributed by atoms with Crippen LogP contribution in [0.4, 0.5) is 10.5 Å². The number of rotatable bonds is 6. The second kappa shape index (κ2) is 10.9. The number of likely N-dealkylation sites (tertiary alicyclic amines) is 2. The molecule has 4 rings (SSSR count). The molecule has 0 bridgehead atoms. The Balaban J connectivity index is 1.41. The summed E-state index contributed by atoms with van der Waals surface area (Å²) in [5.74, 6) is -3.20. The third kappa shape index (κ3) is 5.67. The Morgan fingerprint density at radius 3 is 2.14 bits per heavy atom. The molecule has 3 saturated heterocycles. The van der Waals surface area contributed by atoms with Crippen LogP contribution in [0.25, 0.3) is 0 Å². The number of carbonyl (C=O) groups excluding carboxylic acids is 2. The molecule has 3 atom stereocenters. The van der Waals surface area contributed by atoms with Gasteiger partial charge in [0, 0.05) is 45.0 Å². The van der Waals surface area contributed by atoms with Crippen LogP contribution in [0.5, 0.6) is 0 Å². The van der Waals surface area contributed by atoms with Crippen molar-refractivity contribution in [2.24, 2.45) is 5.92 Å². The number of nitrogens with zero attached hydrogens (tertiary/aromatic N) is 4. The highest BCUT2D eigenvalue weighted by molar-refractivity contribution is 5.91. The second-order valence-corrected chi connectivity index (χ2v) is 9.23. The van der Waals surface area contributed by atoms with Gasteiger partial charge in [0.1, 0.15) is 12.6 Å². The molecule has 35 heavy (non-hydrogen) atoms. The number of anilines is 1. The lowest BCUT2D eigenvalue weighted by molar-refractivity contribution is -0.159. The Bertz CT molecular complexity index is 905. The molecule has 190 valence electrons. The van der Waals surface area contributed by atoms with Crippen LogP contribution >= 0.6 is 0 Å². The summed E-state index contributed by atoms with van der Waals surface area (Å²) in [6.07, 6.45) is -0.319. The van der Waals surface area contributed by atoms with Crippen molar-refractivity contribution in [1.29, 1.82) is 0 Å². The van der Waals surface area contributed by atoms with Gasteiger partial charge in [0.05, 0.1) is 18.6 Å². The molecule has 1 aromatic carbocycles. The van der Waals surface area contributed by atoms with Gasteiger partial charge in [0.15, 0.2) is 0 Å². The van der Waals surface area contributed by atoms with Crippen LogP contribution in [0.1, 0.15) is 19.3 Å². The normalized spacial score (nSPS) is 25.0. The van der Waals surface area contributed by atoms with E-state index in [9.17, 15) is 29.4 Å². The third-order valence-corrected chi connectivity index (χ3v) is 7.06. The number of carboxylic acids is 1. The summed E-state index contributed by atoms with van der Waals surface area (Å²) < 4.78 is 5.66. The summed E-state index contributed by atoms with van der Waals surface area (Å²) in [6.45, 7) is 2.81. The first kappa shape index (κ1) is 24.8. The molecule has 0 aliphatic carbocycles. The summed E-state index contributed by atoms with van der Waals surface area (Å²) in [7, 11) is 0. The van der Waals surface area contributed by atoms with Crippen LogP contribution in [0.15, 0.2) is 30.3 Å². The molecule has 0 radical (unpaired) electrons. The first-order valence-corrected chi connectivity index (χ1v) is 12.1. The van der Waals surface area contributed by atoms with E-state index in [-0.39, 0.29) is 25.5 Å². The maximum absolute atomic E-state index is 13.4. The molecular formula is C24H32N4O7. The van der Waals surface area contributed by atoms with Gasteiger partial charge in [-0.05, 0) is 31.4 Å². The highest BCUT2D eigenvalue weighted by Crippen LogP contribution is 2.29. The Morgan fingerprint density at radius 1 is 0.886 bits per heavy atom. The maximum Gasteiger partial charge on any atom is 0.408 e. The second-order valence-electron chi connectivity index (χ2n) is 9.23. The van der Waals surface area contributed by atoms with E-state index in [0.29, 0.717) is 39.3 Å². The summed E-state index contributed by atoms with van der Waals surface area (Å²) in [5.41, 5.74) is 1.04. The molecule has 0 unspecified atom stereocenters. The van der Waals surface area contributed by atoms with Gasteiger partial charge in [0.25, 0.3) is 0 Å². The number of carbonyl (C=O) groups is 4. The number of hydrogen-bond acceptors (Lipinski definition) is 6. The van der Waals surface area contributed by atoms with Crippen molar-refractivity contribution in [1.82, 2.24) is 14.7 Å². The molecule has 1 aromatic rings. The lowest BCUT2D eigenvalue weighted by Gasteiger charge is -2.44. The van der Waals surface area contributed by atoms with Gasteiger partial charge < -0.3 is 29.6 Å². The molecule has 0 aromatic heterocycles. The standard InChI is InChI=1S/C24H32N4O7/c29-20(26-8-4-5-9-26)16-35-18-14-19(23(31)32)21(28(15-18)24(33)34)22(30)27-12-10-25(11-13-27)17-6-2-1-3-7-17/h1-3,6-7,18-19,21H,4-5,8-16H2,(H,31,32)(H,33,34)/t18-,19-,21-/m0/s1. The number of ether oxygens (including phenoxy) is 1. The zero-order valence-electron chi connectivity index (χ0n) is 19.6.